The maximum absolute atomic E-state index is 11.8. The zero-order valence-electron chi connectivity index (χ0n) is 13.9. The molecule has 0 aromatic heterocycles. The zero-order valence-corrected chi connectivity index (χ0v) is 13.9. The molecule has 2 aromatic carbocycles. The number of ether oxygens (including phenoxy) is 1. The quantitative estimate of drug-likeness (QED) is 0.315. The molecule has 0 radical (unpaired) electrons. The van der Waals surface area contributed by atoms with Crippen LogP contribution in [0.25, 0.3) is 6.08 Å². The van der Waals surface area contributed by atoms with Gasteiger partial charge in [0.05, 0.1) is 11.6 Å². The van der Waals surface area contributed by atoms with Crippen molar-refractivity contribution in [3.8, 4) is 11.8 Å². The van der Waals surface area contributed by atoms with Gasteiger partial charge in [0, 0.05) is 6.08 Å². The number of rotatable bonds is 7. The second kappa shape index (κ2) is 9.32. The highest BCUT2D eigenvalue weighted by Crippen LogP contribution is 2.13. The molecule has 0 unspecified atom stereocenters. The van der Waals surface area contributed by atoms with Crippen LogP contribution in [0, 0.1) is 11.3 Å². The van der Waals surface area contributed by atoms with Gasteiger partial charge in [0.15, 0.2) is 0 Å². The first-order chi connectivity index (χ1) is 11.7. The fourth-order valence-corrected chi connectivity index (χ4v) is 2.29. The molecular weight excluding hydrogens is 298 g/mol. The standard InChI is InChI=1S/C21H21NO2/c1-2-3-4-5-17-6-8-18(9-7-17)12-15-21(23)24-20-13-10-19(16-22)11-14-20/h6-15H,2-5H2,1H3/b15-12+. The summed E-state index contributed by atoms with van der Waals surface area (Å²) in [6.45, 7) is 2.20. The topological polar surface area (TPSA) is 50.1 Å². The summed E-state index contributed by atoms with van der Waals surface area (Å²) in [5.74, 6) is -0.0124. The van der Waals surface area contributed by atoms with Gasteiger partial charge in [0.25, 0.3) is 0 Å². The summed E-state index contributed by atoms with van der Waals surface area (Å²) in [4.78, 5) is 11.8. The lowest BCUT2D eigenvalue weighted by Gasteiger charge is -2.02. The van der Waals surface area contributed by atoms with E-state index in [4.69, 9.17) is 10.00 Å². The summed E-state index contributed by atoms with van der Waals surface area (Å²) in [7, 11) is 0. The van der Waals surface area contributed by atoms with Crippen LogP contribution in [0.15, 0.2) is 54.6 Å². The third-order valence-corrected chi connectivity index (χ3v) is 3.66. The molecule has 2 rings (SSSR count). The van der Waals surface area contributed by atoms with E-state index in [1.54, 1.807) is 30.3 Å². The molecule has 0 saturated heterocycles. The van der Waals surface area contributed by atoms with Gasteiger partial charge >= 0.3 is 5.97 Å². The van der Waals surface area contributed by atoms with Gasteiger partial charge in [0.2, 0.25) is 0 Å². The summed E-state index contributed by atoms with van der Waals surface area (Å²) in [5.41, 5.74) is 2.82. The van der Waals surface area contributed by atoms with Crippen LogP contribution in [0.3, 0.4) is 0 Å². The highest BCUT2D eigenvalue weighted by Gasteiger charge is 2.01. The van der Waals surface area contributed by atoms with Crippen molar-refractivity contribution in [3.05, 3.63) is 71.3 Å². The van der Waals surface area contributed by atoms with Gasteiger partial charge in [-0.3, -0.25) is 0 Å². The van der Waals surface area contributed by atoms with Crippen molar-refractivity contribution in [2.45, 2.75) is 32.6 Å². The number of benzene rings is 2. The Labute approximate surface area is 143 Å². The molecule has 0 aliphatic carbocycles. The summed E-state index contributed by atoms with van der Waals surface area (Å²) < 4.78 is 5.19. The van der Waals surface area contributed by atoms with E-state index in [1.165, 1.54) is 30.9 Å². The molecule has 0 saturated carbocycles. The first-order valence-corrected chi connectivity index (χ1v) is 8.20. The van der Waals surface area contributed by atoms with E-state index in [9.17, 15) is 4.79 Å². The molecule has 0 spiro atoms. The van der Waals surface area contributed by atoms with Crippen molar-refractivity contribution < 1.29 is 9.53 Å². The molecule has 0 N–H and O–H groups in total. The zero-order chi connectivity index (χ0) is 17.2. The molecule has 0 atom stereocenters. The Morgan fingerprint density at radius 1 is 1.08 bits per heavy atom. The highest BCUT2D eigenvalue weighted by molar-refractivity contribution is 5.88. The van der Waals surface area contributed by atoms with Crippen LogP contribution < -0.4 is 4.74 Å². The van der Waals surface area contributed by atoms with Gasteiger partial charge in [-0.15, -0.1) is 0 Å². The minimum Gasteiger partial charge on any atom is -0.423 e. The molecule has 24 heavy (non-hydrogen) atoms. The number of esters is 1. The van der Waals surface area contributed by atoms with E-state index >= 15 is 0 Å². The lowest BCUT2D eigenvalue weighted by atomic mass is 10.1. The van der Waals surface area contributed by atoms with Gasteiger partial charge in [0.1, 0.15) is 5.75 Å². The molecule has 2 aromatic rings. The SMILES string of the molecule is CCCCCc1ccc(/C=C/C(=O)Oc2ccc(C#N)cc2)cc1. The molecule has 0 heterocycles. The number of unbranched alkanes of at least 4 members (excludes halogenated alkanes) is 2. The molecule has 0 fully saturated rings. The average Bonchev–Trinajstić information content (AvgIpc) is 2.62. The van der Waals surface area contributed by atoms with Crippen molar-refractivity contribution in [2.75, 3.05) is 0 Å². The highest BCUT2D eigenvalue weighted by atomic mass is 16.5. The third-order valence-electron chi connectivity index (χ3n) is 3.66. The molecule has 122 valence electrons. The summed E-state index contributed by atoms with van der Waals surface area (Å²) in [6.07, 6.45) is 7.93. The van der Waals surface area contributed by atoms with Gasteiger partial charge in [-0.05, 0) is 54.3 Å². The summed E-state index contributed by atoms with van der Waals surface area (Å²) >= 11 is 0. The van der Waals surface area contributed by atoms with Crippen molar-refractivity contribution in [1.29, 1.82) is 5.26 Å². The molecule has 0 amide bonds. The number of carbonyl (C=O) groups is 1. The van der Waals surface area contributed by atoms with E-state index in [0.717, 1.165) is 12.0 Å². The van der Waals surface area contributed by atoms with E-state index in [2.05, 4.69) is 19.1 Å². The van der Waals surface area contributed by atoms with Gasteiger partial charge in [-0.25, -0.2) is 4.79 Å². The smallest absolute Gasteiger partial charge is 0.336 e. The monoisotopic (exact) mass is 319 g/mol. The third kappa shape index (κ3) is 5.73. The maximum atomic E-state index is 11.8. The fraction of sp³-hybridized carbons (Fsp3) is 0.238. The van der Waals surface area contributed by atoms with Gasteiger partial charge in [-0.1, -0.05) is 44.0 Å². The molecule has 0 aliphatic heterocycles. The average molecular weight is 319 g/mol. The Morgan fingerprint density at radius 2 is 1.79 bits per heavy atom. The van der Waals surface area contributed by atoms with E-state index in [1.807, 2.05) is 18.2 Å². The predicted octanol–water partition coefficient (Wildman–Crippen LogP) is 4.91. The fourth-order valence-electron chi connectivity index (χ4n) is 2.29. The van der Waals surface area contributed by atoms with Crippen molar-refractivity contribution in [3.63, 3.8) is 0 Å². The number of nitrogens with zero attached hydrogens (tertiary/aromatic N) is 1. The number of hydrogen-bond acceptors (Lipinski definition) is 3. The Bertz CT molecular complexity index is 722. The van der Waals surface area contributed by atoms with Gasteiger partial charge in [-0.2, -0.15) is 5.26 Å². The summed E-state index contributed by atoms with van der Waals surface area (Å²) in [5, 5.41) is 8.73. The van der Waals surface area contributed by atoms with Crippen molar-refractivity contribution in [2.24, 2.45) is 0 Å². The largest absolute Gasteiger partial charge is 0.423 e. The minimum atomic E-state index is -0.438. The number of hydrogen-bond donors (Lipinski definition) is 0. The van der Waals surface area contributed by atoms with Crippen molar-refractivity contribution in [1.82, 2.24) is 0 Å². The summed E-state index contributed by atoms with van der Waals surface area (Å²) in [6, 6.07) is 16.7. The normalized spacial score (nSPS) is 10.5. The first-order valence-electron chi connectivity index (χ1n) is 8.20. The van der Waals surface area contributed by atoms with Crippen LogP contribution in [-0.4, -0.2) is 5.97 Å². The van der Waals surface area contributed by atoms with E-state index in [0.29, 0.717) is 11.3 Å². The Balaban J connectivity index is 1.87. The van der Waals surface area contributed by atoms with Crippen LogP contribution in [0.2, 0.25) is 0 Å². The second-order valence-electron chi connectivity index (χ2n) is 5.59. The molecule has 0 aliphatic rings. The number of aryl methyl sites for hydroxylation is 1. The van der Waals surface area contributed by atoms with Crippen LogP contribution in [0.4, 0.5) is 0 Å². The van der Waals surface area contributed by atoms with Crippen LogP contribution in [-0.2, 0) is 11.2 Å². The van der Waals surface area contributed by atoms with Gasteiger partial charge < -0.3 is 4.74 Å². The maximum Gasteiger partial charge on any atom is 0.336 e. The molecule has 3 nitrogen and oxygen atoms in total. The first kappa shape index (κ1) is 17.5. The minimum absolute atomic E-state index is 0.426. The Morgan fingerprint density at radius 3 is 2.42 bits per heavy atom. The van der Waals surface area contributed by atoms with Crippen LogP contribution in [0.5, 0.6) is 5.75 Å². The Hall–Kier alpha value is -2.86. The second-order valence-corrected chi connectivity index (χ2v) is 5.59. The van der Waals surface area contributed by atoms with Crippen molar-refractivity contribution >= 4 is 12.0 Å². The molecular formula is C21H21NO2. The van der Waals surface area contributed by atoms with Crippen LogP contribution >= 0.6 is 0 Å². The van der Waals surface area contributed by atoms with E-state index < -0.39 is 5.97 Å². The Kier molecular flexibility index (Phi) is 6.79. The predicted molar refractivity (Wildman–Crippen MR) is 95.5 cm³/mol. The number of carbonyl (C=O) groups excluding carboxylic acids is 1. The lowest BCUT2D eigenvalue weighted by Crippen LogP contribution is -2.03. The van der Waals surface area contributed by atoms with Crippen LogP contribution in [0.1, 0.15) is 42.9 Å². The molecule has 3 heteroatoms. The van der Waals surface area contributed by atoms with E-state index in [-0.39, 0.29) is 0 Å². The number of nitriles is 1. The lowest BCUT2D eigenvalue weighted by molar-refractivity contribution is -0.128. The molecule has 0 bridgehead atoms.